The molecule has 222 valence electrons. The van der Waals surface area contributed by atoms with Gasteiger partial charge in [0.05, 0.1) is 0 Å². The highest BCUT2D eigenvalue weighted by atomic mass is 16.6. The highest BCUT2D eigenvalue weighted by molar-refractivity contribution is 5.92. The van der Waals surface area contributed by atoms with Crippen LogP contribution in [0.4, 0.5) is 0 Å². The minimum atomic E-state index is -0.586. The summed E-state index contributed by atoms with van der Waals surface area (Å²) in [6, 6.07) is 9.06. The number of rotatable bonds is 13. The number of nitrogens with one attached hydrogen (secondary N) is 2. The number of carbonyl (C=O) groups excluding carboxylic acids is 6. The van der Waals surface area contributed by atoms with Gasteiger partial charge in [0.1, 0.15) is 0 Å². The molecule has 2 rings (SSSR count). The van der Waals surface area contributed by atoms with Gasteiger partial charge in [-0.15, -0.1) is 0 Å². The van der Waals surface area contributed by atoms with Crippen molar-refractivity contribution in [2.45, 2.75) is 40.5 Å². The number of carbonyl (C=O) groups is 6. The number of amides is 2. The molecule has 42 heavy (non-hydrogen) atoms. The molecule has 0 unspecified atom stereocenters. The van der Waals surface area contributed by atoms with E-state index < -0.39 is 23.9 Å². The molecule has 2 aromatic rings. The molecule has 0 fully saturated rings. The Bertz CT molecular complexity index is 1290. The van der Waals surface area contributed by atoms with E-state index in [0.717, 1.165) is 0 Å². The third-order valence-electron chi connectivity index (χ3n) is 5.01. The Labute approximate surface area is 242 Å². The molecule has 0 radical (unpaired) electrons. The minimum Gasteiger partial charge on any atom is -0.423 e. The van der Waals surface area contributed by atoms with Gasteiger partial charge in [-0.2, -0.15) is 0 Å². The Morgan fingerprint density at radius 1 is 0.548 bits per heavy atom. The van der Waals surface area contributed by atoms with E-state index in [0.29, 0.717) is 37.1 Å². The van der Waals surface area contributed by atoms with Crippen molar-refractivity contribution in [3.8, 4) is 23.0 Å². The molecule has 0 aromatic heterocycles. The molecule has 2 aromatic carbocycles. The topological polar surface area (TPSA) is 163 Å². The maximum Gasteiger partial charge on any atom is 0.308 e. The average molecular weight is 581 g/mol. The van der Waals surface area contributed by atoms with Gasteiger partial charge in [-0.25, -0.2) is 0 Å². The Hall–Kier alpha value is -5.26. The van der Waals surface area contributed by atoms with Gasteiger partial charge in [-0.05, 0) is 60.4 Å². The van der Waals surface area contributed by atoms with Crippen LogP contribution in [0.2, 0.25) is 0 Å². The first-order chi connectivity index (χ1) is 19.9. The zero-order chi connectivity index (χ0) is 31.1. The van der Waals surface area contributed by atoms with Gasteiger partial charge in [0.15, 0.2) is 23.0 Å². The van der Waals surface area contributed by atoms with Crippen LogP contribution in [0.1, 0.15) is 51.7 Å². The summed E-state index contributed by atoms with van der Waals surface area (Å²) in [5, 5.41) is 5.47. The SMILES string of the molecule is CC(=O)Oc1ccc(/C=C/C(=O)NCCCCNC(=O)/C=C/c2ccc(OC(C)=O)c(OC(C)=O)c2)cc1OC(C)=O. The quantitative estimate of drug-likeness (QED) is 0.156. The molecule has 12 nitrogen and oxygen atoms in total. The lowest BCUT2D eigenvalue weighted by molar-refractivity contribution is -0.134. The van der Waals surface area contributed by atoms with Gasteiger partial charge in [0.2, 0.25) is 11.8 Å². The van der Waals surface area contributed by atoms with Crippen molar-refractivity contribution < 1.29 is 47.7 Å². The van der Waals surface area contributed by atoms with Crippen molar-refractivity contribution in [2.24, 2.45) is 0 Å². The summed E-state index contributed by atoms with van der Waals surface area (Å²) in [6.07, 6.45) is 6.89. The molecular formula is C30H32N2O10. The molecular weight excluding hydrogens is 548 g/mol. The van der Waals surface area contributed by atoms with Crippen molar-refractivity contribution in [1.82, 2.24) is 10.6 Å². The summed E-state index contributed by atoms with van der Waals surface area (Å²) in [5.41, 5.74) is 1.10. The first-order valence-electron chi connectivity index (χ1n) is 12.9. The second-order valence-electron chi connectivity index (χ2n) is 8.74. The maximum atomic E-state index is 12.1. The average Bonchev–Trinajstić information content (AvgIpc) is 2.89. The predicted octanol–water partition coefficient (Wildman–Crippen LogP) is 3.13. The lowest BCUT2D eigenvalue weighted by atomic mass is 10.2. The van der Waals surface area contributed by atoms with Gasteiger partial charge >= 0.3 is 23.9 Å². The van der Waals surface area contributed by atoms with Crippen LogP contribution in [0.15, 0.2) is 48.6 Å². The smallest absolute Gasteiger partial charge is 0.308 e. The summed E-state index contributed by atoms with van der Waals surface area (Å²) in [5.74, 6) is -2.70. The van der Waals surface area contributed by atoms with Crippen molar-refractivity contribution in [3.05, 3.63) is 59.7 Å². The molecule has 0 aliphatic carbocycles. The predicted molar refractivity (Wildman–Crippen MR) is 151 cm³/mol. The Balaban J connectivity index is 1.76. The fourth-order valence-corrected chi connectivity index (χ4v) is 3.34. The molecule has 0 bridgehead atoms. The van der Waals surface area contributed by atoms with Crippen LogP contribution in [-0.4, -0.2) is 48.8 Å². The molecule has 2 amide bonds. The number of hydrogen-bond acceptors (Lipinski definition) is 10. The van der Waals surface area contributed by atoms with E-state index in [1.165, 1.54) is 76.3 Å². The molecule has 0 aliphatic heterocycles. The van der Waals surface area contributed by atoms with Crippen LogP contribution in [0.3, 0.4) is 0 Å². The summed E-state index contributed by atoms with van der Waals surface area (Å²) in [6.45, 7) is 5.64. The Kier molecular flexibility index (Phi) is 13.1. The van der Waals surface area contributed by atoms with Crippen LogP contribution in [0.25, 0.3) is 12.2 Å². The summed E-state index contributed by atoms with van der Waals surface area (Å²) in [7, 11) is 0. The Morgan fingerprint density at radius 3 is 1.21 bits per heavy atom. The third kappa shape index (κ3) is 12.7. The van der Waals surface area contributed by atoms with E-state index in [4.69, 9.17) is 18.9 Å². The van der Waals surface area contributed by atoms with Crippen LogP contribution in [-0.2, 0) is 28.8 Å². The zero-order valence-electron chi connectivity index (χ0n) is 23.7. The molecule has 0 atom stereocenters. The summed E-state index contributed by atoms with van der Waals surface area (Å²) < 4.78 is 20.2. The molecule has 0 saturated heterocycles. The number of ether oxygens (including phenoxy) is 4. The summed E-state index contributed by atoms with van der Waals surface area (Å²) in [4.78, 5) is 69.4. The first-order valence-corrected chi connectivity index (χ1v) is 12.9. The van der Waals surface area contributed by atoms with Crippen LogP contribution in [0, 0.1) is 0 Å². The van der Waals surface area contributed by atoms with Crippen LogP contribution < -0.4 is 29.6 Å². The van der Waals surface area contributed by atoms with E-state index in [-0.39, 0.29) is 34.8 Å². The van der Waals surface area contributed by atoms with E-state index in [9.17, 15) is 28.8 Å². The van der Waals surface area contributed by atoms with E-state index in [2.05, 4.69) is 10.6 Å². The largest absolute Gasteiger partial charge is 0.423 e. The van der Waals surface area contributed by atoms with Gasteiger partial charge in [0, 0.05) is 52.9 Å². The van der Waals surface area contributed by atoms with Crippen LogP contribution >= 0.6 is 0 Å². The van der Waals surface area contributed by atoms with Gasteiger partial charge in [0.25, 0.3) is 0 Å². The molecule has 0 saturated carbocycles. The number of unbranched alkanes of at least 4 members (excludes halogenated alkanes) is 1. The fraction of sp³-hybridized carbons (Fsp3) is 0.267. The molecule has 0 aliphatic rings. The Morgan fingerprint density at radius 2 is 0.881 bits per heavy atom. The fourth-order valence-electron chi connectivity index (χ4n) is 3.34. The van der Waals surface area contributed by atoms with Crippen molar-refractivity contribution in [1.29, 1.82) is 0 Å². The lowest BCUT2D eigenvalue weighted by Crippen LogP contribution is -2.25. The third-order valence-corrected chi connectivity index (χ3v) is 5.01. The van der Waals surface area contributed by atoms with Crippen molar-refractivity contribution >= 4 is 47.8 Å². The van der Waals surface area contributed by atoms with Gasteiger partial charge in [-0.3, -0.25) is 28.8 Å². The van der Waals surface area contributed by atoms with Crippen LogP contribution in [0.5, 0.6) is 23.0 Å². The first kappa shape index (κ1) is 32.9. The zero-order valence-corrected chi connectivity index (χ0v) is 23.7. The minimum absolute atomic E-state index is 0.0565. The van der Waals surface area contributed by atoms with Gasteiger partial charge < -0.3 is 29.6 Å². The van der Waals surface area contributed by atoms with Gasteiger partial charge in [-0.1, -0.05) is 12.1 Å². The summed E-state index contributed by atoms with van der Waals surface area (Å²) >= 11 is 0. The molecule has 0 heterocycles. The molecule has 2 N–H and O–H groups in total. The number of esters is 4. The highest BCUT2D eigenvalue weighted by Gasteiger charge is 2.12. The number of benzene rings is 2. The standard InChI is InChI=1S/C30H32N2O10/c1-19(33)39-25-11-7-23(17-27(25)41-21(3)35)9-13-29(37)31-15-5-6-16-32-30(38)14-10-24-8-12-26(40-20(2)34)28(18-24)42-22(4)36/h7-14,17-18H,5-6,15-16H2,1-4H3,(H,31,37)(H,32,38)/b13-9+,14-10+. The monoisotopic (exact) mass is 580 g/mol. The second-order valence-corrected chi connectivity index (χ2v) is 8.74. The van der Waals surface area contributed by atoms with E-state index in [1.807, 2.05) is 0 Å². The number of hydrogen-bond donors (Lipinski definition) is 2. The van der Waals surface area contributed by atoms with Crippen molar-refractivity contribution in [3.63, 3.8) is 0 Å². The molecule has 0 spiro atoms. The van der Waals surface area contributed by atoms with E-state index in [1.54, 1.807) is 12.1 Å². The molecule has 12 heteroatoms. The highest BCUT2D eigenvalue weighted by Crippen LogP contribution is 2.30. The maximum absolute atomic E-state index is 12.1. The second kappa shape index (κ2) is 16.8. The van der Waals surface area contributed by atoms with Crippen molar-refractivity contribution in [2.75, 3.05) is 13.1 Å². The van der Waals surface area contributed by atoms with E-state index >= 15 is 0 Å². The normalized spacial score (nSPS) is 10.7. The lowest BCUT2D eigenvalue weighted by Gasteiger charge is -2.09.